The Morgan fingerprint density at radius 2 is 0.600 bits per heavy atom. The molecule has 0 saturated carbocycles. The summed E-state index contributed by atoms with van der Waals surface area (Å²) in [5.74, 6) is 0. The Morgan fingerprint density at radius 1 is 0.433 bits per heavy atom. The molecule has 0 heterocycles. The fourth-order valence-corrected chi connectivity index (χ4v) is 3.75. The number of benzene rings is 4. The third kappa shape index (κ3) is 5.31. The third-order valence-electron chi connectivity index (χ3n) is 4.83. The maximum Gasteiger partial charge on any atom is 0.317 e. The van der Waals surface area contributed by atoms with E-state index in [-0.39, 0.29) is 5.41 Å². The molecule has 0 radical (unpaired) electrons. The topological polar surface area (TPSA) is 34.1 Å². The molecule has 0 saturated heterocycles. The van der Waals surface area contributed by atoms with Crippen LogP contribution in [0.4, 0.5) is 0 Å². The van der Waals surface area contributed by atoms with Crippen LogP contribution in [0.3, 0.4) is 0 Å². The number of rotatable bonds is 4. The molecule has 0 N–H and O–H groups in total. The Labute approximate surface area is 186 Å². The zero-order valence-corrected chi connectivity index (χ0v) is 18.4. The monoisotopic (exact) mass is 454 g/mol. The Balaban J connectivity index is 0.000000461. The van der Waals surface area contributed by atoms with Gasteiger partial charge in [-0.25, -0.2) is 0 Å². The summed E-state index contributed by atoms with van der Waals surface area (Å²) in [5.41, 5.74) is 4.78. The molecule has 0 aliphatic carbocycles. The van der Waals surface area contributed by atoms with Crippen molar-refractivity contribution in [3.63, 3.8) is 0 Å². The van der Waals surface area contributed by atoms with Crippen LogP contribution in [-0.2, 0) is 13.7 Å². The lowest BCUT2D eigenvalue weighted by Gasteiger charge is -2.36. The largest absolute Gasteiger partial charge is 0.317 e. The van der Waals surface area contributed by atoms with E-state index in [1.165, 1.54) is 22.3 Å². The minimum absolute atomic E-state index is 0.328. The van der Waals surface area contributed by atoms with E-state index in [9.17, 15) is 0 Å². The van der Waals surface area contributed by atoms with Gasteiger partial charge in [-0.3, -0.25) is 0 Å². The van der Waals surface area contributed by atoms with Crippen LogP contribution in [0.5, 0.6) is 0 Å². The summed E-state index contributed by atoms with van der Waals surface area (Å²) in [6.07, 6.45) is 0. The SMILES string of the molecule is O=S(=O)(Cl)Cl.c1ccc(C(c2ccccc2)(c2ccccc2)c2ccccc2)cc1. The summed E-state index contributed by atoms with van der Waals surface area (Å²) in [6, 6.07) is 43.1. The van der Waals surface area contributed by atoms with Crippen molar-refractivity contribution in [2.24, 2.45) is 0 Å². The molecule has 2 nitrogen and oxygen atoms in total. The van der Waals surface area contributed by atoms with E-state index in [4.69, 9.17) is 8.42 Å². The van der Waals surface area contributed by atoms with Gasteiger partial charge in [-0.05, 0) is 22.3 Å². The van der Waals surface area contributed by atoms with Gasteiger partial charge < -0.3 is 0 Å². The van der Waals surface area contributed by atoms with E-state index in [0.717, 1.165) is 0 Å². The van der Waals surface area contributed by atoms with Crippen molar-refractivity contribution in [1.82, 2.24) is 0 Å². The summed E-state index contributed by atoms with van der Waals surface area (Å²) < 4.78 is 18.3. The summed E-state index contributed by atoms with van der Waals surface area (Å²) in [7, 11) is 4.81. The molecule has 0 spiro atoms. The normalized spacial score (nSPS) is 11.3. The molecule has 152 valence electrons. The van der Waals surface area contributed by atoms with Gasteiger partial charge in [0, 0.05) is 21.4 Å². The number of hydrogen-bond donors (Lipinski definition) is 0. The van der Waals surface area contributed by atoms with Gasteiger partial charge in [0.2, 0.25) is 0 Å². The van der Waals surface area contributed by atoms with Gasteiger partial charge in [0.25, 0.3) is 0 Å². The molecule has 0 unspecified atom stereocenters. The molecule has 0 atom stereocenters. The molecule has 4 rings (SSSR count). The molecule has 5 heteroatoms. The first kappa shape index (κ1) is 22.1. The Morgan fingerprint density at radius 3 is 0.767 bits per heavy atom. The second-order valence-electron chi connectivity index (χ2n) is 6.59. The summed E-state index contributed by atoms with van der Waals surface area (Å²) in [6.45, 7) is 0. The van der Waals surface area contributed by atoms with Crippen LogP contribution >= 0.6 is 21.4 Å². The highest BCUT2D eigenvalue weighted by Crippen LogP contribution is 2.44. The van der Waals surface area contributed by atoms with Gasteiger partial charge in [-0.15, -0.1) is 0 Å². The average Bonchev–Trinajstić information content (AvgIpc) is 2.76. The first-order chi connectivity index (χ1) is 14.4. The molecule has 0 aromatic heterocycles. The number of hydrogen-bond acceptors (Lipinski definition) is 2. The minimum Gasteiger partial charge on any atom is -0.195 e. The lowest BCUT2D eigenvalue weighted by atomic mass is 9.65. The standard InChI is InChI=1S/C25H20.Cl2O2S/c1-5-13-21(14-6-1)25(22-15-7-2-8-16-22,23-17-9-3-10-18-23)24-19-11-4-12-20-24;1-5(2,3)4/h1-20H;. The lowest BCUT2D eigenvalue weighted by Crippen LogP contribution is -2.30. The molecule has 4 aromatic rings. The fourth-order valence-electron chi connectivity index (χ4n) is 3.75. The summed E-state index contributed by atoms with van der Waals surface area (Å²) in [5, 5.41) is 0. The number of halogens is 2. The van der Waals surface area contributed by atoms with Gasteiger partial charge in [-0.1, -0.05) is 121 Å². The van der Waals surface area contributed by atoms with Crippen LogP contribution in [0.2, 0.25) is 0 Å². The van der Waals surface area contributed by atoms with E-state index in [2.05, 4.69) is 143 Å². The van der Waals surface area contributed by atoms with E-state index in [0.29, 0.717) is 0 Å². The van der Waals surface area contributed by atoms with Crippen molar-refractivity contribution >= 4 is 29.6 Å². The van der Waals surface area contributed by atoms with Crippen LogP contribution in [-0.4, -0.2) is 8.42 Å². The quantitative estimate of drug-likeness (QED) is 0.251. The van der Waals surface area contributed by atoms with Gasteiger partial charge >= 0.3 is 8.26 Å². The van der Waals surface area contributed by atoms with Crippen LogP contribution in [0, 0.1) is 0 Å². The van der Waals surface area contributed by atoms with E-state index in [1.807, 2.05) is 0 Å². The molecule has 30 heavy (non-hydrogen) atoms. The molecule has 0 aliphatic heterocycles. The van der Waals surface area contributed by atoms with E-state index >= 15 is 0 Å². The van der Waals surface area contributed by atoms with E-state index < -0.39 is 8.26 Å². The van der Waals surface area contributed by atoms with Gasteiger partial charge in [0.05, 0.1) is 5.41 Å². The van der Waals surface area contributed by atoms with Crippen LogP contribution < -0.4 is 0 Å². The summed E-state index contributed by atoms with van der Waals surface area (Å²) >= 11 is 0. The summed E-state index contributed by atoms with van der Waals surface area (Å²) in [4.78, 5) is 0. The van der Waals surface area contributed by atoms with Crippen molar-refractivity contribution in [3.8, 4) is 0 Å². The fraction of sp³-hybridized carbons (Fsp3) is 0.0400. The maximum absolute atomic E-state index is 9.16. The Kier molecular flexibility index (Phi) is 7.33. The third-order valence-corrected chi connectivity index (χ3v) is 4.83. The molecule has 0 amide bonds. The van der Waals surface area contributed by atoms with Crippen molar-refractivity contribution in [1.29, 1.82) is 0 Å². The molecular formula is C25H20Cl2O2S. The lowest BCUT2D eigenvalue weighted by molar-refractivity contribution is 0.621. The molecule has 0 fully saturated rings. The molecule has 0 aliphatic rings. The van der Waals surface area contributed by atoms with Crippen molar-refractivity contribution in [3.05, 3.63) is 144 Å². The second-order valence-corrected chi connectivity index (χ2v) is 10.3. The van der Waals surface area contributed by atoms with Crippen molar-refractivity contribution in [2.75, 3.05) is 0 Å². The predicted molar refractivity (Wildman–Crippen MR) is 125 cm³/mol. The van der Waals surface area contributed by atoms with Gasteiger partial charge in [-0.2, -0.15) is 8.42 Å². The maximum atomic E-state index is 9.16. The molecule has 0 bridgehead atoms. The smallest absolute Gasteiger partial charge is 0.195 e. The van der Waals surface area contributed by atoms with E-state index in [1.54, 1.807) is 0 Å². The highest BCUT2D eigenvalue weighted by atomic mass is 36.0. The van der Waals surface area contributed by atoms with Gasteiger partial charge in [0.15, 0.2) is 0 Å². The van der Waals surface area contributed by atoms with Gasteiger partial charge in [0.1, 0.15) is 0 Å². The Bertz CT molecular complexity index is 977. The first-order valence-corrected chi connectivity index (χ1v) is 12.4. The molecule has 4 aromatic carbocycles. The predicted octanol–water partition coefficient (Wildman–Crippen LogP) is 6.78. The van der Waals surface area contributed by atoms with Crippen LogP contribution in [0.1, 0.15) is 22.3 Å². The van der Waals surface area contributed by atoms with Crippen molar-refractivity contribution < 1.29 is 8.42 Å². The molecular weight excluding hydrogens is 435 g/mol. The highest BCUT2D eigenvalue weighted by molar-refractivity contribution is 8.31. The second kappa shape index (κ2) is 9.94. The highest BCUT2D eigenvalue weighted by Gasteiger charge is 2.37. The Hall–Kier alpha value is -2.59. The van der Waals surface area contributed by atoms with Crippen LogP contribution in [0.25, 0.3) is 0 Å². The van der Waals surface area contributed by atoms with Crippen LogP contribution in [0.15, 0.2) is 121 Å². The minimum atomic E-state index is -3.72. The van der Waals surface area contributed by atoms with Crippen molar-refractivity contribution in [2.45, 2.75) is 5.41 Å². The zero-order valence-electron chi connectivity index (χ0n) is 16.0. The average molecular weight is 455 g/mol. The zero-order chi connectivity index (χ0) is 21.5. The first-order valence-electron chi connectivity index (χ1n) is 9.28.